The number of aromatic hydroxyl groups is 2. The number of aromatic amines is 1. The van der Waals surface area contributed by atoms with E-state index in [1.807, 2.05) is 0 Å². The Morgan fingerprint density at radius 2 is 1.94 bits per heavy atom. The molecule has 17 heavy (non-hydrogen) atoms. The zero-order chi connectivity index (χ0) is 12.6. The molecule has 0 unspecified atom stereocenters. The summed E-state index contributed by atoms with van der Waals surface area (Å²) in [5.74, 6) is -0.565. The van der Waals surface area contributed by atoms with E-state index < -0.39 is 6.04 Å². The van der Waals surface area contributed by atoms with E-state index in [0.717, 1.165) is 25.7 Å². The molecular weight excluding hydrogens is 220 g/mol. The van der Waals surface area contributed by atoms with Crippen LogP contribution in [0.2, 0.25) is 0 Å². The summed E-state index contributed by atoms with van der Waals surface area (Å²) in [6.07, 6.45) is 4.14. The molecule has 0 spiro atoms. The molecule has 5 nitrogen and oxygen atoms in total. The summed E-state index contributed by atoms with van der Waals surface area (Å²) in [5.41, 5.74) is 6.43. The molecule has 0 saturated heterocycles. The Labute approximate surface area is 99.6 Å². The SMILES string of the molecule is Cc1c(O)[nH]c(O)c1C(=O)[C@@H](N)C1CCCC1. The predicted molar refractivity (Wildman–Crippen MR) is 63.1 cm³/mol. The van der Waals surface area contributed by atoms with Gasteiger partial charge in [0.15, 0.2) is 11.7 Å². The van der Waals surface area contributed by atoms with Crippen LogP contribution in [0.4, 0.5) is 0 Å². The zero-order valence-electron chi connectivity index (χ0n) is 9.86. The minimum absolute atomic E-state index is 0.127. The maximum atomic E-state index is 12.2. The Morgan fingerprint density at radius 1 is 1.35 bits per heavy atom. The van der Waals surface area contributed by atoms with Gasteiger partial charge in [0.1, 0.15) is 0 Å². The number of hydrogen-bond donors (Lipinski definition) is 4. The van der Waals surface area contributed by atoms with Gasteiger partial charge in [0, 0.05) is 5.56 Å². The molecule has 0 aliphatic heterocycles. The van der Waals surface area contributed by atoms with Crippen LogP contribution in [0.1, 0.15) is 41.6 Å². The van der Waals surface area contributed by atoms with Crippen molar-refractivity contribution < 1.29 is 15.0 Å². The number of H-pyrrole nitrogens is 1. The number of aromatic nitrogens is 1. The first-order chi connectivity index (χ1) is 8.02. The predicted octanol–water partition coefficient (Wildman–Crippen LogP) is 1.43. The fourth-order valence-electron chi connectivity index (χ4n) is 2.56. The molecule has 1 aromatic heterocycles. The minimum atomic E-state index is -0.586. The Morgan fingerprint density at radius 3 is 2.41 bits per heavy atom. The number of nitrogens with one attached hydrogen (secondary N) is 1. The molecule has 0 aromatic carbocycles. The average molecular weight is 238 g/mol. The Hall–Kier alpha value is -1.49. The van der Waals surface area contributed by atoms with E-state index in [-0.39, 0.29) is 29.0 Å². The third kappa shape index (κ3) is 2.02. The van der Waals surface area contributed by atoms with Crippen LogP contribution >= 0.6 is 0 Å². The first-order valence-corrected chi connectivity index (χ1v) is 5.92. The van der Waals surface area contributed by atoms with Crippen molar-refractivity contribution in [2.24, 2.45) is 11.7 Å². The summed E-state index contributed by atoms with van der Waals surface area (Å²) < 4.78 is 0. The first-order valence-electron chi connectivity index (χ1n) is 5.92. The molecule has 0 bridgehead atoms. The van der Waals surface area contributed by atoms with Gasteiger partial charge in [-0.25, -0.2) is 0 Å². The number of ketones is 1. The third-order valence-corrected chi connectivity index (χ3v) is 3.66. The van der Waals surface area contributed by atoms with Gasteiger partial charge in [0.25, 0.3) is 0 Å². The molecule has 1 aliphatic rings. The van der Waals surface area contributed by atoms with Gasteiger partial charge in [-0.05, 0) is 25.7 Å². The minimum Gasteiger partial charge on any atom is -0.494 e. The highest BCUT2D eigenvalue weighted by molar-refractivity contribution is 6.03. The molecule has 0 amide bonds. The Bertz CT molecular complexity index is 433. The largest absolute Gasteiger partial charge is 0.494 e. The van der Waals surface area contributed by atoms with E-state index >= 15 is 0 Å². The quantitative estimate of drug-likeness (QED) is 0.598. The molecule has 94 valence electrons. The highest BCUT2D eigenvalue weighted by atomic mass is 16.3. The molecule has 5 N–H and O–H groups in total. The number of nitrogens with two attached hydrogens (primary N) is 1. The van der Waals surface area contributed by atoms with E-state index in [9.17, 15) is 15.0 Å². The number of Topliss-reactive ketones (excluding diaryl/α,β-unsaturated/α-hetero) is 1. The van der Waals surface area contributed by atoms with Crippen molar-refractivity contribution in [1.82, 2.24) is 4.98 Å². The first kappa shape index (κ1) is 12.0. The molecule has 5 heteroatoms. The highest BCUT2D eigenvalue weighted by Crippen LogP contribution is 2.33. The normalized spacial score (nSPS) is 18.5. The molecule has 1 fully saturated rings. The topological polar surface area (TPSA) is 99.3 Å². The van der Waals surface area contributed by atoms with Crippen LogP contribution in [0, 0.1) is 12.8 Å². The molecule has 1 heterocycles. The third-order valence-electron chi connectivity index (χ3n) is 3.66. The van der Waals surface area contributed by atoms with Crippen molar-refractivity contribution >= 4 is 5.78 Å². The van der Waals surface area contributed by atoms with Crippen molar-refractivity contribution in [2.45, 2.75) is 38.6 Å². The fraction of sp³-hybridized carbons (Fsp3) is 0.583. The summed E-state index contributed by atoms with van der Waals surface area (Å²) in [7, 11) is 0. The van der Waals surface area contributed by atoms with Crippen LogP contribution in [0.15, 0.2) is 0 Å². The number of carbonyl (C=O) groups excluding carboxylic acids is 1. The number of carbonyl (C=O) groups is 1. The van der Waals surface area contributed by atoms with Gasteiger partial charge in [-0.15, -0.1) is 0 Å². The van der Waals surface area contributed by atoms with Gasteiger partial charge in [-0.3, -0.25) is 9.78 Å². The van der Waals surface area contributed by atoms with E-state index in [4.69, 9.17) is 5.73 Å². The van der Waals surface area contributed by atoms with E-state index in [2.05, 4.69) is 4.98 Å². The van der Waals surface area contributed by atoms with Gasteiger partial charge in [0.2, 0.25) is 5.88 Å². The zero-order valence-corrected chi connectivity index (χ0v) is 9.86. The van der Waals surface area contributed by atoms with Crippen molar-refractivity contribution in [3.8, 4) is 11.8 Å². The number of rotatable bonds is 3. The van der Waals surface area contributed by atoms with Gasteiger partial charge in [0.05, 0.1) is 11.6 Å². The Balaban J connectivity index is 2.24. The van der Waals surface area contributed by atoms with Crippen LogP contribution in [-0.4, -0.2) is 27.0 Å². The van der Waals surface area contributed by atoms with Crippen molar-refractivity contribution in [3.63, 3.8) is 0 Å². The second-order valence-corrected chi connectivity index (χ2v) is 4.76. The monoisotopic (exact) mass is 238 g/mol. The van der Waals surface area contributed by atoms with Crippen LogP contribution in [-0.2, 0) is 0 Å². The van der Waals surface area contributed by atoms with Crippen molar-refractivity contribution in [2.75, 3.05) is 0 Å². The molecule has 1 atom stereocenters. The van der Waals surface area contributed by atoms with Crippen LogP contribution in [0.5, 0.6) is 11.8 Å². The lowest BCUT2D eigenvalue weighted by atomic mass is 9.91. The number of hydrogen-bond acceptors (Lipinski definition) is 4. The van der Waals surface area contributed by atoms with Gasteiger partial charge in [-0.2, -0.15) is 0 Å². The van der Waals surface area contributed by atoms with Gasteiger partial charge < -0.3 is 15.9 Å². The Kier molecular flexibility index (Phi) is 3.11. The molecule has 1 aromatic rings. The summed E-state index contributed by atoms with van der Waals surface area (Å²) in [5, 5.41) is 19.0. The molecule has 2 rings (SSSR count). The second kappa shape index (κ2) is 4.41. The summed E-state index contributed by atoms with van der Waals surface area (Å²) in [6, 6.07) is -0.586. The lowest BCUT2D eigenvalue weighted by Crippen LogP contribution is -2.37. The summed E-state index contributed by atoms with van der Waals surface area (Å²) in [6.45, 7) is 1.58. The van der Waals surface area contributed by atoms with E-state index in [0.29, 0.717) is 5.56 Å². The fourth-order valence-corrected chi connectivity index (χ4v) is 2.56. The van der Waals surface area contributed by atoms with Crippen molar-refractivity contribution in [1.29, 1.82) is 0 Å². The summed E-state index contributed by atoms with van der Waals surface area (Å²) >= 11 is 0. The average Bonchev–Trinajstić information content (AvgIpc) is 2.87. The second-order valence-electron chi connectivity index (χ2n) is 4.76. The van der Waals surface area contributed by atoms with Crippen molar-refractivity contribution in [3.05, 3.63) is 11.1 Å². The molecule has 1 saturated carbocycles. The van der Waals surface area contributed by atoms with Crippen LogP contribution in [0.25, 0.3) is 0 Å². The van der Waals surface area contributed by atoms with Crippen LogP contribution in [0.3, 0.4) is 0 Å². The van der Waals surface area contributed by atoms with E-state index in [1.54, 1.807) is 6.92 Å². The standard InChI is InChI=1S/C12H18N2O3/c1-6-8(12(17)14-11(6)16)10(15)9(13)7-4-2-3-5-7/h7,9,14,16-17H,2-5,13H2,1H3/t9-/m0/s1. The van der Waals surface area contributed by atoms with Gasteiger partial charge >= 0.3 is 0 Å². The lowest BCUT2D eigenvalue weighted by Gasteiger charge is -2.17. The molecular formula is C12H18N2O3. The highest BCUT2D eigenvalue weighted by Gasteiger charge is 2.31. The maximum Gasteiger partial charge on any atom is 0.202 e. The lowest BCUT2D eigenvalue weighted by molar-refractivity contribution is 0.0929. The smallest absolute Gasteiger partial charge is 0.202 e. The van der Waals surface area contributed by atoms with E-state index in [1.165, 1.54) is 0 Å². The molecule has 1 aliphatic carbocycles. The van der Waals surface area contributed by atoms with Gasteiger partial charge in [-0.1, -0.05) is 12.8 Å². The van der Waals surface area contributed by atoms with Crippen LogP contribution < -0.4 is 5.73 Å². The maximum absolute atomic E-state index is 12.2. The summed E-state index contributed by atoms with van der Waals surface area (Å²) in [4.78, 5) is 14.5. The molecule has 0 radical (unpaired) electrons.